The van der Waals surface area contributed by atoms with E-state index in [1.807, 2.05) is 13.8 Å². The van der Waals surface area contributed by atoms with Gasteiger partial charge in [0, 0.05) is 25.3 Å². The molecule has 10 heteroatoms. The second-order valence-corrected chi connectivity index (χ2v) is 8.36. The van der Waals surface area contributed by atoms with Crippen LogP contribution in [0.5, 0.6) is 5.19 Å². The molecule has 0 bridgehead atoms. The molecular weight excluding hydrogens is 392 g/mol. The number of halogens is 2. The number of thiazole rings is 1. The van der Waals surface area contributed by atoms with Gasteiger partial charge >= 0.3 is 0 Å². The molecule has 0 radical (unpaired) electrons. The quantitative estimate of drug-likeness (QED) is 0.669. The minimum absolute atomic E-state index is 0.0339. The first-order valence-electron chi connectivity index (χ1n) is 8.79. The number of nitrogens with zero attached hydrogens (tertiary/aromatic N) is 4. The molecule has 6 nitrogen and oxygen atoms in total. The van der Waals surface area contributed by atoms with Gasteiger partial charge in [-0.05, 0) is 32.9 Å². The molecule has 1 aliphatic heterocycles. The number of piperidine rings is 1. The minimum atomic E-state index is -2.66. The first kappa shape index (κ1) is 20.2. The summed E-state index contributed by atoms with van der Waals surface area (Å²) in [7, 11) is 0. The molecule has 0 atom stereocenters. The number of anilines is 1. The first-order valence-corrected chi connectivity index (χ1v) is 10.8. The zero-order chi connectivity index (χ0) is 19.4. The van der Waals surface area contributed by atoms with Crippen molar-refractivity contribution < 1.29 is 13.5 Å². The number of nitrogens with one attached hydrogen (secondary N) is 1. The molecule has 1 N–H and O–H groups in total. The van der Waals surface area contributed by atoms with Crippen molar-refractivity contribution in [3.05, 3.63) is 18.0 Å². The van der Waals surface area contributed by atoms with Crippen LogP contribution >= 0.6 is 23.3 Å². The Morgan fingerprint density at radius 2 is 2.00 bits per heavy atom. The molecule has 27 heavy (non-hydrogen) atoms. The lowest BCUT2D eigenvalue weighted by atomic mass is 10.1. The second kappa shape index (κ2) is 9.11. The number of hydrogen-bond acceptors (Lipinski definition) is 8. The zero-order valence-electron chi connectivity index (χ0n) is 15.5. The molecular formula is C17H23F2N5OS2. The van der Waals surface area contributed by atoms with Crippen molar-refractivity contribution in [3.8, 4) is 15.8 Å². The van der Waals surface area contributed by atoms with E-state index >= 15 is 0 Å². The average molecular weight is 416 g/mol. The largest absolute Gasteiger partial charge is 0.467 e. The number of rotatable bonds is 7. The summed E-state index contributed by atoms with van der Waals surface area (Å²) < 4.78 is 34.7. The van der Waals surface area contributed by atoms with Crippen LogP contribution in [0.4, 0.5) is 14.7 Å². The van der Waals surface area contributed by atoms with Crippen molar-refractivity contribution in [1.82, 2.24) is 19.3 Å². The van der Waals surface area contributed by atoms with E-state index in [4.69, 9.17) is 4.74 Å². The molecule has 0 aliphatic carbocycles. The molecule has 148 valence electrons. The van der Waals surface area contributed by atoms with E-state index in [-0.39, 0.29) is 23.4 Å². The van der Waals surface area contributed by atoms with Gasteiger partial charge in [-0.1, -0.05) is 23.3 Å². The fourth-order valence-corrected chi connectivity index (χ4v) is 4.28. The standard InChI is InChI=1S/C17H23F2N5OS2/c1-10(2)25-17-21-9-13(27-17)14-12(15(18)19)8-20-16(23-14)22-11-4-6-24(26-3)7-5-11/h8-11,15H,4-7H2,1-3H3,(H,20,22,23). The highest BCUT2D eigenvalue weighted by Gasteiger charge is 2.23. The molecule has 0 unspecified atom stereocenters. The summed E-state index contributed by atoms with van der Waals surface area (Å²) in [5.74, 6) is 0.372. The molecule has 2 aromatic heterocycles. The topological polar surface area (TPSA) is 63.2 Å². The number of alkyl halides is 2. The molecule has 1 aliphatic rings. The summed E-state index contributed by atoms with van der Waals surface area (Å²) in [6.07, 6.45) is 4.03. The van der Waals surface area contributed by atoms with Crippen molar-refractivity contribution in [2.45, 2.75) is 45.3 Å². The summed E-state index contributed by atoms with van der Waals surface area (Å²) in [5, 5.41) is 3.73. The van der Waals surface area contributed by atoms with Gasteiger partial charge in [0.25, 0.3) is 11.6 Å². The number of hydrogen-bond donors (Lipinski definition) is 1. The van der Waals surface area contributed by atoms with Crippen molar-refractivity contribution in [1.29, 1.82) is 0 Å². The summed E-state index contributed by atoms with van der Waals surface area (Å²) in [6.45, 7) is 5.73. The van der Waals surface area contributed by atoms with Crippen LogP contribution in [0.1, 0.15) is 38.7 Å². The Hall–Kier alpha value is -1.52. The van der Waals surface area contributed by atoms with Crippen LogP contribution in [0.15, 0.2) is 12.4 Å². The van der Waals surface area contributed by atoms with Crippen molar-refractivity contribution >= 4 is 29.2 Å². The van der Waals surface area contributed by atoms with E-state index in [1.54, 1.807) is 11.9 Å². The lowest BCUT2D eigenvalue weighted by molar-refractivity contribution is 0.151. The molecule has 3 rings (SSSR count). The van der Waals surface area contributed by atoms with Crippen LogP contribution in [0.25, 0.3) is 10.6 Å². The van der Waals surface area contributed by atoms with Crippen LogP contribution in [0.3, 0.4) is 0 Å². The average Bonchev–Trinajstić information content (AvgIpc) is 3.09. The lowest BCUT2D eigenvalue weighted by Gasteiger charge is -2.30. The monoisotopic (exact) mass is 415 g/mol. The van der Waals surface area contributed by atoms with Gasteiger partial charge in [-0.3, -0.25) is 4.31 Å². The van der Waals surface area contributed by atoms with Gasteiger partial charge in [0.1, 0.15) is 0 Å². The third-order valence-electron chi connectivity index (χ3n) is 4.15. The Kier molecular flexibility index (Phi) is 6.83. The molecule has 0 saturated carbocycles. The molecule has 1 saturated heterocycles. The summed E-state index contributed by atoms with van der Waals surface area (Å²) in [4.78, 5) is 13.2. The van der Waals surface area contributed by atoms with E-state index < -0.39 is 6.43 Å². The Labute approximate surface area is 165 Å². The molecule has 2 aromatic rings. The van der Waals surface area contributed by atoms with Crippen LogP contribution in [0.2, 0.25) is 0 Å². The Balaban J connectivity index is 1.80. The van der Waals surface area contributed by atoms with Crippen LogP contribution in [0, 0.1) is 0 Å². The van der Waals surface area contributed by atoms with Crippen molar-refractivity contribution in [3.63, 3.8) is 0 Å². The summed E-state index contributed by atoms with van der Waals surface area (Å²) >= 11 is 2.95. The smallest absolute Gasteiger partial charge is 0.274 e. The maximum absolute atomic E-state index is 13.4. The summed E-state index contributed by atoms with van der Waals surface area (Å²) in [5.41, 5.74) is 0.0117. The highest BCUT2D eigenvalue weighted by atomic mass is 32.2. The number of ether oxygens (including phenoxy) is 1. The third-order valence-corrected chi connectivity index (χ3v) is 5.93. The maximum Gasteiger partial charge on any atom is 0.274 e. The molecule has 1 fully saturated rings. The van der Waals surface area contributed by atoms with Gasteiger partial charge in [-0.25, -0.2) is 23.7 Å². The predicted molar refractivity (Wildman–Crippen MR) is 106 cm³/mol. The minimum Gasteiger partial charge on any atom is -0.467 e. The molecule has 0 spiro atoms. The van der Waals surface area contributed by atoms with Gasteiger partial charge in [-0.2, -0.15) is 0 Å². The Bertz CT molecular complexity index is 751. The van der Waals surface area contributed by atoms with Gasteiger partial charge in [-0.15, -0.1) is 0 Å². The molecule has 0 amide bonds. The van der Waals surface area contributed by atoms with Gasteiger partial charge in [0.05, 0.1) is 28.4 Å². The van der Waals surface area contributed by atoms with E-state index in [0.29, 0.717) is 16.0 Å². The van der Waals surface area contributed by atoms with Gasteiger partial charge < -0.3 is 10.1 Å². The van der Waals surface area contributed by atoms with E-state index in [0.717, 1.165) is 25.9 Å². The van der Waals surface area contributed by atoms with Crippen molar-refractivity contribution in [2.75, 3.05) is 24.7 Å². The van der Waals surface area contributed by atoms with Crippen molar-refractivity contribution in [2.24, 2.45) is 0 Å². The third kappa shape index (κ3) is 5.26. The highest BCUT2D eigenvalue weighted by molar-refractivity contribution is 7.96. The number of aromatic nitrogens is 3. The van der Waals surface area contributed by atoms with Crippen LogP contribution < -0.4 is 10.1 Å². The summed E-state index contributed by atoms with van der Waals surface area (Å²) in [6, 6.07) is 0.236. The first-order chi connectivity index (χ1) is 13.0. The Morgan fingerprint density at radius 3 is 2.63 bits per heavy atom. The van der Waals surface area contributed by atoms with Crippen LogP contribution in [-0.2, 0) is 0 Å². The SMILES string of the molecule is CSN1CCC(Nc2ncc(C(F)F)c(-c3cnc(OC(C)C)s3)n2)CC1. The van der Waals surface area contributed by atoms with Crippen LogP contribution in [-0.4, -0.2) is 50.7 Å². The zero-order valence-corrected chi connectivity index (χ0v) is 17.1. The normalized spacial score (nSPS) is 16.3. The predicted octanol–water partition coefficient (Wildman–Crippen LogP) is 4.48. The Morgan fingerprint density at radius 1 is 1.26 bits per heavy atom. The van der Waals surface area contributed by atoms with E-state index in [9.17, 15) is 8.78 Å². The van der Waals surface area contributed by atoms with Gasteiger partial charge in [0.2, 0.25) is 5.95 Å². The van der Waals surface area contributed by atoms with E-state index in [1.165, 1.54) is 23.7 Å². The van der Waals surface area contributed by atoms with Gasteiger partial charge in [0.15, 0.2) is 0 Å². The fourth-order valence-electron chi connectivity index (χ4n) is 2.81. The highest BCUT2D eigenvalue weighted by Crippen LogP contribution is 2.36. The molecule has 3 heterocycles. The van der Waals surface area contributed by atoms with E-state index in [2.05, 4.69) is 30.8 Å². The molecule has 0 aromatic carbocycles. The lowest BCUT2D eigenvalue weighted by Crippen LogP contribution is -2.35. The fraction of sp³-hybridized carbons (Fsp3) is 0.588. The maximum atomic E-state index is 13.4. The second-order valence-electron chi connectivity index (χ2n) is 6.49.